The van der Waals surface area contributed by atoms with Gasteiger partial charge in [-0.15, -0.1) is 0 Å². The maximum atomic E-state index is 13.8. The Morgan fingerprint density at radius 3 is 2.13 bits per heavy atom. The molecule has 3 nitrogen and oxygen atoms in total. The van der Waals surface area contributed by atoms with Crippen LogP contribution in [0.4, 0.5) is 0 Å². The van der Waals surface area contributed by atoms with E-state index in [1.54, 1.807) is 30.3 Å². The fourth-order valence-corrected chi connectivity index (χ4v) is 4.73. The topological polar surface area (TPSA) is 46.5 Å². The fraction of sp³-hybridized carbons (Fsp3) is 0.0526. The zero-order chi connectivity index (χ0) is 16.3. The van der Waals surface area contributed by atoms with Crippen LogP contribution < -0.4 is 15.1 Å². The van der Waals surface area contributed by atoms with E-state index < -0.39 is 7.37 Å². The highest BCUT2D eigenvalue weighted by molar-refractivity contribution is 7.74. The van der Waals surface area contributed by atoms with Crippen LogP contribution in [0.1, 0.15) is 5.56 Å². The van der Waals surface area contributed by atoms with Crippen LogP contribution in [0.2, 0.25) is 0 Å². The van der Waals surface area contributed by atoms with Crippen LogP contribution in [0.5, 0.6) is 11.5 Å². The molecular formula is C19H17O3P. The summed E-state index contributed by atoms with van der Waals surface area (Å²) in [5, 5.41) is 11.2. The molecule has 0 aliphatic heterocycles. The zero-order valence-electron chi connectivity index (χ0n) is 12.7. The smallest absolute Gasteiger partial charge is 0.307 e. The number of phenols is 1. The van der Waals surface area contributed by atoms with E-state index in [9.17, 15) is 9.67 Å². The van der Waals surface area contributed by atoms with Gasteiger partial charge in [-0.1, -0.05) is 48.5 Å². The van der Waals surface area contributed by atoms with Gasteiger partial charge in [0.05, 0.1) is 10.6 Å². The summed E-state index contributed by atoms with van der Waals surface area (Å²) in [7, 11) is -3.37. The van der Waals surface area contributed by atoms with Crippen molar-refractivity contribution in [3.05, 3.63) is 84.4 Å². The van der Waals surface area contributed by atoms with Crippen molar-refractivity contribution in [1.82, 2.24) is 0 Å². The molecule has 0 radical (unpaired) electrons. The number of benzene rings is 3. The van der Waals surface area contributed by atoms with E-state index in [0.717, 1.165) is 5.56 Å². The molecule has 0 amide bonds. The van der Waals surface area contributed by atoms with Crippen LogP contribution in [-0.2, 0) is 4.57 Å². The second kappa shape index (κ2) is 6.31. The first-order chi connectivity index (χ1) is 11.1. The van der Waals surface area contributed by atoms with Gasteiger partial charge in [0.15, 0.2) is 11.5 Å². The van der Waals surface area contributed by atoms with Crippen molar-refractivity contribution in [2.45, 2.75) is 6.92 Å². The largest absolute Gasteiger partial charge is 0.504 e. The monoisotopic (exact) mass is 324 g/mol. The summed E-state index contributed by atoms with van der Waals surface area (Å²) >= 11 is 0. The molecule has 0 fully saturated rings. The zero-order valence-corrected chi connectivity index (χ0v) is 13.6. The van der Waals surface area contributed by atoms with Gasteiger partial charge in [-0.25, -0.2) is 0 Å². The first-order valence-corrected chi connectivity index (χ1v) is 8.93. The third-order valence-electron chi connectivity index (χ3n) is 3.62. The van der Waals surface area contributed by atoms with Crippen LogP contribution in [0.15, 0.2) is 78.9 Å². The lowest BCUT2D eigenvalue weighted by Gasteiger charge is -2.22. The van der Waals surface area contributed by atoms with Gasteiger partial charge >= 0.3 is 7.37 Å². The Bertz CT molecular complexity index is 859. The average molecular weight is 324 g/mol. The van der Waals surface area contributed by atoms with E-state index in [0.29, 0.717) is 10.6 Å². The summed E-state index contributed by atoms with van der Waals surface area (Å²) in [5.41, 5.74) is 0.884. The van der Waals surface area contributed by atoms with Crippen LogP contribution in [0.3, 0.4) is 0 Å². The first kappa shape index (κ1) is 15.4. The molecule has 3 aromatic carbocycles. The number of rotatable bonds is 4. The Hall–Kier alpha value is -2.51. The highest BCUT2D eigenvalue weighted by Crippen LogP contribution is 2.47. The first-order valence-electron chi connectivity index (χ1n) is 7.31. The fourth-order valence-electron chi connectivity index (χ4n) is 2.43. The van der Waals surface area contributed by atoms with Crippen LogP contribution >= 0.6 is 7.37 Å². The third kappa shape index (κ3) is 3.01. The molecule has 3 rings (SSSR count). The second-order valence-corrected chi connectivity index (χ2v) is 7.52. The molecule has 0 spiro atoms. The molecule has 4 heteroatoms. The van der Waals surface area contributed by atoms with Gasteiger partial charge < -0.3 is 9.63 Å². The van der Waals surface area contributed by atoms with Gasteiger partial charge in [-0.3, -0.25) is 4.57 Å². The summed E-state index contributed by atoms with van der Waals surface area (Å²) in [5.74, 6) is 0.181. The molecule has 23 heavy (non-hydrogen) atoms. The average Bonchev–Trinajstić information content (AvgIpc) is 2.58. The van der Waals surface area contributed by atoms with Gasteiger partial charge in [0.2, 0.25) is 0 Å². The summed E-state index contributed by atoms with van der Waals surface area (Å²) in [4.78, 5) is 0. The van der Waals surface area contributed by atoms with Crippen molar-refractivity contribution < 1.29 is 14.2 Å². The third-order valence-corrected chi connectivity index (χ3v) is 6.19. The second-order valence-electron chi connectivity index (χ2n) is 5.23. The number of hydrogen-bond acceptors (Lipinski definition) is 3. The van der Waals surface area contributed by atoms with Crippen molar-refractivity contribution in [3.8, 4) is 11.5 Å². The van der Waals surface area contributed by atoms with Gasteiger partial charge in [0, 0.05) is 0 Å². The number of para-hydroxylation sites is 2. The van der Waals surface area contributed by atoms with Gasteiger partial charge in [-0.05, 0) is 42.8 Å². The minimum Gasteiger partial charge on any atom is -0.504 e. The van der Waals surface area contributed by atoms with Crippen LogP contribution in [0.25, 0.3) is 0 Å². The number of aromatic hydroxyl groups is 1. The molecule has 0 saturated heterocycles. The molecule has 1 N–H and O–H groups in total. The highest BCUT2D eigenvalue weighted by atomic mass is 31.2. The molecule has 3 aromatic rings. The highest BCUT2D eigenvalue weighted by Gasteiger charge is 2.32. The standard InChI is InChI=1S/C19H17O3P/c1-15-9-5-8-14-19(15)23(21,16-10-3-2-4-11-16)22-18-13-7-6-12-17(18)20/h2-14,20H,1H3. The Kier molecular flexibility index (Phi) is 4.22. The molecule has 0 heterocycles. The van der Waals surface area contributed by atoms with Crippen molar-refractivity contribution in [3.63, 3.8) is 0 Å². The maximum absolute atomic E-state index is 13.8. The van der Waals surface area contributed by atoms with Crippen molar-refractivity contribution in [2.24, 2.45) is 0 Å². The molecule has 0 aromatic heterocycles. The van der Waals surface area contributed by atoms with Crippen molar-refractivity contribution >= 4 is 18.0 Å². The quantitative estimate of drug-likeness (QED) is 0.738. The Labute approximate surface area is 135 Å². The van der Waals surface area contributed by atoms with Crippen LogP contribution in [-0.4, -0.2) is 5.11 Å². The van der Waals surface area contributed by atoms with E-state index in [1.807, 2.05) is 49.4 Å². The van der Waals surface area contributed by atoms with E-state index in [-0.39, 0.29) is 11.5 Å². The normalized spacial score (nSPS) is 13.3. The number of hydrogen-bond donors (Lipinski definition) is 1. The van der Waals surface area contributed by atoms with Gasteiger partial charge in [-0.2, -0.15) is 0 Å². The van der Waals surface area contributed by atoms with Crippen molar-refractivity contribution in [2.75, 3.05) is 0 Å². The summed E-state index contributed by atoms with van der Waals surface area (Å²) in [6.07, 6.45) is 0. The SMILES string of the molecule is Cc1ccccc1P(=O)(Oc1ccccc1O)c1ccccc1. The summed E-state index contributed by atoms with van der Waals surface area (Å²) in [6, 6.07) is 23.1. The molecule has 1 atom stereocenters. The molecular weight excluding hydrogens is 307 g/mol. The molecule has 0 bridgehead atoms. The lowest BCUT2D eigenvalue weighted by molar-refractivity contribution is 0.434. The Morgan fingerprint density at radius 1 is 0.826 bits per heavy atom. The number of phenolic OH excluding ortho intramolecular Hbond substituents is 1. The van der Waals surface area contributed by atoms with Gasteiger partial charge in [0.1, 0.15) is 0 Å². The van der Waals surface area contributed by atoms with Crippen molar-refractivity contribution in [1.29, 1.82) is 0 Å². The minimum absolute atomic E-state index is 0.0303. The summed E-state index contributed by atoms with van der Waals surface area (Å²) in [6.45, 7) is 1.90. The predicted octanol–water partition coefficient (Wildman–Crippen LogP) is 4.01. The maximum Gasteiger partial charge on any atom is 0.307 e. The van der Waals surface area contributed by atoms with Gasteiger partial charge in [0.25, 0.3) is 0 Å². The van der Waals surface area contributed by atoms with E-state index in [4.69, 9.17) is 4.52 Å². The lowest BCUT2D eigenvalue weighted by atomic mass is 10.2. The molecule has 116 valence electrons. The predicted molar refractivity (Wildman–Crippen MR) is 93.2 cm³/mol. The summed E-state index contributed by atoms with van der Waals surface area (Å²) < 4.78 is 19.7. The van der Waals surface area contributed by atoms with E-state index in [2.05, 4.69) is 0 Å². The molecule has 0 aliphatic carbocycles. The van der Waals surface area contributed by atoms with E-state index in [1.165, 1.54) is 6.07 Å². The molecule has 0 aliphatic rings. The minimum atomic E-state index is -3.37. The molecule has 1 unspecified atom stereocenters. The molecule has 0 saturated carbocycles. The number of aryl methyl sites for hydroxylation is 1. The Morgan fingerprint density at radius 2 is 1.43 bits per heavy atom. The van der Waals surface area contributed by atoms with Crippen LogP contribution in [0, 0.1) is 6.92 Å². The lowest BCUT2D eigenvalue weighted by Crippen LogP contribution is -2.22. The van der Waals surface area contributed by atoms with E-state index >= 15 is 0 Å². The Balaban J connectivity index is 2.18.